The molecule has 0 fully saturated rings. The zero-order valence-electron chi connectivity index (χ0n) is 17.8. The number of aryl methyl sites for hydroxylation is 1. The van der Waals surface area contributed by atoms with Crippen LogP contribution in [0.2, 0.25) is 0 Å². The minimum absolute atomic E-state index is 0.318. The van der Waals surface area contributed by atoms with Crippen LogP contribution in [0.1, 0.15) is 45.2 Å². The first-order valence-corrected chi connectivity index (χ1v) is 10.9. The molecule has 0 aliphatic carbocycles. The van der Waals surface area contributed by atoms with Gasteiger partial charge in [0.05, 0.1) is 18.4 Å². The van der Waals surface area contributed by atoms with E-state index in [0.717, 1.165) is 16.5 Å². The molecule has 1 N–H and O–H groups in total. The maximum absolute atomic E-state index is 12.6. The minimum Gasteiger partial charge on any atom is -0.494 e. The van der Waals surface area contributed by atoms with E-state index in [1.165, 1.54) is 6.21 Å². The number of hydrogen-bond donors (Lipinski definition) is 1. The Morgan fingerprint density at radius 1 is 1.03 bits per heavy atom. The van der Waals surface area contributed by atoms with Crippen molar-refractivity contribution in [1.82, 2.24) is 5.43 Å². The van der Waals surface area contributed by atoms with Crippen LogP contribution in [-0.4, -0.2) is 24.7 Å². The van der Waals surface area contributed by atoms with Crippen LogP contribution in [0.4, 0.5) is 0 Å². The predicted octanol–water partition coefficient (Wildman–Crippen LogP) is 5.53. The van der Waals surface area contributed by atoms with E-state index < -0.39 is 5.97 Å². The summed E-state index contributed by atoms with van der Waals surface area (Å²) in [5.74, 6) is 0.180. The smallest absolute Gasteiger partial charge is 0.343 e. The van der Waals surface area contributed by atoms with Crippen LogP contribution in [0.25, 0.3) is 0 Å². The molecule has 0 radical (unpaired) electrons. The summed E-state index contributed by atoms with van der Waals surface area (Å²) >= 11 is 3.40. The van der Waals surface area contributed by atoms with Crippen molar-refractivity contribution in [2.75, 3.05) is 6.61 Å². The summed E-state index contributed by atoms with van der Waals surface area (Å²) in [5, 5.41) is 4.02. The highest BCUT2D eigenvalue weighted by atomic mass is 79.9. The molecule has 3 aromatic rings. The van der Waals surface area contributed by atoms with Crippen molar-refractivity contribution >= 4 is 34.0 Å². The van der Waals surface area contributed by atoms with Crippen molar-refractivity contribution in [2.45, 2.75) is 20.3 Å². The van der Waals surface area contributed by atoms with E-state index in [-0.39, 0.29) is 5.91 Å². The maximum atomic E-state index is 12.6. The number of hydrazone groups is 1. The molecule has 164 valence electrons. The number of benzene rings is 3. The normalized spacial score (nSPS) is 10.7. The third-order valence-electron chi connectivity index (χ3n) is 4.39. The molecule has 0 bridgehead atoms. The van der Waals surface area contributed by atoms with Gasteiger partial charge in [-0.25, -0.2) is 10.2 Å². The topological polar surface area (TPSA) is 77.0 Å². The van der Waals surface area contributed by atoms with E-state index >= 15 is 0 Å². The Hall–Kier alpha value is -3.45. The predicted molar refractivity (Wildman–Crippen MR) is 128 cm³/mol. The summed E-state index contributed by atoms with van der Waals surface area (Å²) in [4.78, 5) is 24.9. The van der Waals surface area contributed by atoms with Crippen molar-refractivity contribution in [3.05, 3.63) is 93.5 Å². The summed E-state index contributed by atoms with van der Waals surface area (Å²) in [7, 11) is 0. The maximum Gasteiger partial charge on any atom is 0.343 e. The van der Waals surface area contributed by atoms with Crippen LogP contribution in [0.5, 0.6) is 11.5 Å². The monoisotopic (exact) mass is 494 g/mol. The molecule has 1 amide bonds. The van der Waals surface area contributed by atoms with Crippen LogP contribution < -0.4 is 14.9 Å². The van der Waals surface area contributed by atoms with Crippen LogP contribution in [-0.2, 0) is 0 Å². The number of amides is 1. The number of rotatable bonds is 8. The van der Waals surface area contributed by atoms with Gasteiger partial charge in [-0.2, -0.15) is 5.10 Å². The van der Waals surface area contributed by atoms with Crippen LogP contribution in [0, 0.1) is 6.92 Å². The van der Waals surface area contributed by atoms with E-state index in [0.29, 0.717) is 34.8 Å². The molecule has 0 atom stereocenters. The van der Waals surface area contributed by atoms with Gasteiger partial charge in [-0.05, 0) is 67.9 Å². The fourth-order valence-electron chi connectivity index (χ4n) is 2.79. The highest BCUT2D eigenvalue weighted by molar-refractivity contribution is 9.10. The Balaban J connectivity index is 1.69. The molecule has 7 heteroatoms. The molecule has 0 heterocycles. The first-order chi connectivity index (χ1) is 15.5. The lowest BCUT2D eigenvalue weighted by Gasteiger charge is -2.09. The van der Waals surface area contributed by atoms with Gasteiger partial charge in [-0.15, -0.1) is 0 Å². The fraction of sp³-hybridized carbons (Fsp3) is 0.160. The average molecular weight is 495 g/mol. The van der Waals surface area contributed by atoms with Crippen molar-refractivity contribution < 1.29 is 19.1 Å². The van der Waals surface area contributed by atoms with Gasteiger partial charge in [-0.1, -0.05) is 40.5 Å². The zero-order valence-corrected chi connectivity index (χ0v) is 19.4. The number of hydrogen-bond acceptors (Lipinski definition) is 5. The molecule has 32 heavy (non-hydrogen) atoms. The molecule has 0 spiro atoms. The highest BCUT2D eigenvalue weighted by Gasteiger charge is 2.12. The van der Waals surface area contributed by atoms with Gasteiger partial charge in [0, 0.05) is 15.6 Å². The molecule has 3 rings (SSSR count). The van der Waals surface area contributed by atoms with Crippen molar-refractivity contribution in [3.8, 4) is 11.5 Å². The molecular weight excluding hydrogens is 472 g/mol. The summed E-state index contributed by atoms with van der Waals surface area (Å²) in [6, 6.07) is 19.1. The Labute approximate surface area is 195 Å². The van der Waals surface area contributed by atoms with Crippen LogP contribution in [0.15, 0.2) is 76.3 Å². The molecule has 6 nitrogen and oxygen atoms in total. The fourth-order valence-corrected chi connectivity index (χ4v) is 3.17. The quantitative estimate of drug-likeness (QED) is 0.193. The lowest BCUT2D eigenvalue weighted by Crippen LogP contribution is -2.17. The van der Waals surface area contributed by atoms with E-state index in [1.807, 2.05) is 26.0 Å². The molecule has 0 aliphatic rings. The van der Waals surface area contributed by atoms with Crippen molar-refractivity contribution in [2.24, 2.45) is 5.10 Å². The van der Waals surface area contributed by atoms with Crippen molar-refractivity contribution in [1.29, 1.82) is 0 Å². The molecule has 3 aromatic carbocycles. The summed E-state index contributed by atoms with van der Waals surface area (Å²) in [5.41, 5.74) is 4.90. The second kappa shape index (κ2) is 11.2. The average Bonchev–Trinajstić information content (AvgIpc) is 2.79. The number of nitrogens with one attached hydrogen (secondary N) is 1. The van der Waals surface area contributed by atoms with Gasteiger partial charge in [0.15, 0.2) is 0 Å². The van der Waals surface area contributed by atoms with E-state index in [9.17, 15) is 9.59 Å². The molecular formula is C25H23BrN2O4. The lowest BCUT2D eigenvalue weighted by atomic mass is 10.1. The number of carbonyl (C=O) groups is 2. The van der Waals surface area contributed by atoms with Gasteiger partial charge < -0.3 is 9.47 Å². The summed E-state index contributed by atoms with van der Waals surface area (Å²) < 4.78 is 11.9. The SMILES string of the molecule is CCCOc1ccc(C(=O)Oc2ccc(Br)cc2/C=N/NC(=O)c2cccc(C)c2)cc1. The summed E-state index contributed by atoms with van der Waals surface area (Å²) in [6.45, 7) is 4.55. The number of nitrogens with zero attached hydrogens (tertiary/aromatic N) is 1. The van der Waals surface area contributed by atoms with E-state index in [2.05, 4.69) is 26.5 Å². The van der Waals surface area contributed by atoms with Crippen molar-refractivity contribution in [3.63, 3.8) is 0 Å². The minimum atomic E-state index is -0.507. The number of esters is 1. The number of carbonyl (C=O) groups excluding carboxylic acids is 2. The largest absolute Gasteiger partial charge is 0.494 e. The van der Waals surface area contributed by atoms with E-state index in [4.69, 9.17) is 9.47 Å². The molecule has 0 aromatic heterocycles. The van der Waals surface area contributed by atoms with E-state index in [1.54, 1.807) is 54.6 Å². The Kier molecular flexibility index (Phi) is 8.16. The molecule has 0 unspecified atom stereocenters. The standard InChI is InChI=1S/C25H23BrN2O4/c1-3-13-31-22-10-7-18(8-11-22)25(30)32-23-12-9-21(26)15-20(23)16-27-28-24(29)19-6-4-5-17(2)14-19/h4-12,14-16H,3,13H2,1-2H3,(H,28,29)/b27-16+. The first kappa shape index (κ1) is 23.2. The van der Waals surface area contributed by atoms with Crippen LogP contribution in [0.3, 0.4) is 0 Å². The number of ether oxygens (including phenoxy) is 2. The zero-order chi connectivity index (χ0) is 22.9. The summed E-state index contributed by atoms with van der Waals surface area (Å²) in [6.07, 6.45) is 2.34. The number of halogens is 1. The molecule has 0 saturated carbocycles. The highest BCUT2D eigenvalue weighted by Crippen LogP contribution is 2.23. The molecule has 0 aliphatic heterocycles. The third kappa shape index (κ3) is 6.52. The van der Waals surface area contributed by atoms with Gasteiger partial charge in [0.1, 0.15) is 11.5 Å². The second-order valence-corrected chi connectivity index (χ2v) is 7.93. The molecule has 0 saturated heterocycles. The van der Waals surface area contributed by atoms with Gasteiger partial charge in [-0.3, -0.25) is 4.79 Å². The van der Waals surface area contributed by atoms with Gasteiger partial charge in [0.25, 0.3) is 5.91 Å². The Morgan fingerprint density at radius 2 is 1.81 bits per heavy atom. The Bertz CT molecular complexity index is 1130. The van der Waals surface area contributed by atoms with Gasteiger partial charge >= 0.3 is 5.97 Å². The van der Waals surface area contributed by atoms with Gasteiger partial charge in [0.2, 0.25) is 0 Å². The first-order valence-electron chi connectivity index (χ1n) is 10.1. The second-order valence-electron chi connectivity index (χ2n) is 7.01. The lowest BCUT2D eigenvalue weighted by molar-refractivity contribution is 0.0734. The third-order valence-corrected chi connectivity index (χ3v) is 4.88. The van der Waals surface area contributed by atoms with Crippen LogP contribution >= 0.6 is 15.9 Å². The Morgan fingerprint density at radius 3 is 2.53 bits per heavy atom.